The minimum Gasteiger partial charge on any atom is -0.349 e. The zero-order valence-corrected chi connectivity index (χ0v) is 15.3. The van der Waals surface area contributed by atoms with Crippen LogP contribution in [-0.4, -0.2) is 11.7 Å². The summed E-state index contributed by atoms with van der Waals surface area (Å²) in [6.07, 6.45) is -1.64. The minimum absolute atomic E-state index is 0.0380. The van der Waals surface area contributed by atoms with E-state index in [2.05, 4.69) is 11.4 Å². The number of aryl methyl sites for hydroxylation is 1. The summed E-state index contributed by atoms with van der Waals surface area (Å²) >= 11 is 6.68. The van der Waals surface area contributed by atoms with Crippen molar-refractivity contribution in [3.8, 4) is 0 Å². The van der Waals surface area contributed by atoms with Crippen molar-refractivity contribution in [3.63, 3.8) is 0 Å². The molecule has 0 unspecified atom stereocenters. The fourth-order valence-electron chi connectivity index (χ4n) is 3.10. The molecule has 2 aromatic carbocycles. The molecule has 0 saturated heterocycles. The van der Waals surface area contributed by atoms with E-state index in [0.29, 0.717) is 4.90 Å². The maximum Gasteiger partial charge on any atom is 0.417 e. The molecule has 1 atom stereocenters. The number of amides is 1. The van der Waals surface area contributed by atoms with E-state index in [1.54, 1.807) is 0 Å². The quantitative estimate of drug-likeness (QED) is 0.673. The predicted octanol–water partition coefficient (Wildman–Crippen LogP) is 5.64. The second kappa shape index (κ2) is 7.92. The molecule has 0 aromatic heterocycles. The van der Waals surface area contributed by atoms with Crippen LogP contribution in [-0.2, 0) is 17.4 Å². The van der Waals surface area contributed by atoms with Crippen molar-refractivity contribution in [2.45, 2.75) is 36.4 Å². The Morgan fingerprint density at radius 1 is 1.23 bits per heavy atom. The summed E-state index contributed by atoms with van der Waals surface area (Å²) in [4.78, 5) is 12.6. The third-order valence-electron chi connectivity index (χ3n) is 4.32. The molecule has 138 valence electrons. The molecule has 1 aliphatic rings. The molecule has 26 heavy (non-hydrogen) atoms. The third kappa shape index (κ3) is 4.54. The highest BCUT2D eigenvalue weighted by Gasteiger charge is 2.33. The summed E-state index contributed by atoms with van der Waals surface area (Å²) in [7, 11) is 0. The number of hydrogen-bond donors (Lipinski definition) is 1. The maximum absolute atomic E-state index is 12.9. The Labute approximate surface area is 159 Å². The first kappa shape index (κ1) is 19.1. The van der Waals surface area contributed by atoms with E-state index in [4.69, 9.17) is 11.6 Å². The van der Waals surface area contributed by atoms with Gasteiger partial charge in [0.25, 0.3) is 0 Å². The molecular weight excluding hydrogens is 383 g/mol. The molecule has 2 aromatic rings. The molecule has 3 rings (SSSR count). The normalized spacial score (nSPS) is 16.8. The summed E-state index contributed by atoms with van der Waals surface area (Å²) in [6, 6.07) is 11.7. The number of rotatable bonds is 4. The molecule has 0 aliphatic heterocycles. The second-order valence-electron chi connectivity index (χ2n) is 6.14. The first-order valence-electron chi connectivity index (χ1n) is 8.21. The average molecular weight is 400 g/mol. The van der Waals surface area contributed by atoms with Crippen molar-refractivity contribution < 1.29 is 18.0 Å². The van der Waals surface area contributed by atoms with Gasteiger partial charge < -0.3 is 5.32 Å². The van der Waals surface area contributed by atoms with Crippen LogP contribution in [0.2, 0.25) is 5.02 Å². The molecule has 1 aliphatic carbocycles. The van der Waals surface area contributed by atoms with Gasteiger partial charge in [0, 0.05) is 4.90 Å². The van der Waals surface area contributed by atoms with Crippen LogP contribution < -0.4 is 5.32 Å². The lowest BCUT2D eigenvalue weighted by Crippen LogP contribution is -2.32. The molecule has 1 N–H and O–H groups in total. The molecule has 2 nitrogen and oxygen atoms in total. The van der Waals surface area contributed by atoms with Crippen molar-refractivity contribution in [1.82, 2.24) is 5.32 Å². The first-order valence-corrected chi connectivity index (χ1v) is 9.57. The van der Waals surface area contributed by atoms with Gasteiger partial charge >= 0.3 is 6.18 Å². The second-order valence-corrected chi connectivity index (χ2v) is 7.60. The Balaban J connectivity index is 1.62. The fraction of sp³-hybridized carbons (Fsp3) is 0.316. The van der Waals surface area contributed by atoms with Gasteiger partial charge in [-0.25, -0.2) is 0 Å². The SMILES string of the molecule is O=C(CSc1ccc(Cl)c(C(F)(F)F)c1)N[C@@H]1CCCc2ccccc21. The standard InChI is InChI=1S/C19H17ClF3NOS/c20-16-9-8-13(10-15(16)19(21,22)23)26-11-18(25)24-17-7-3-5-12-4-1-2-6-14(12)17/h1-2,4,6,8-10,17H,3,5,7,11H2,(H,24,25)/t17-/m1/s1. The monoisotopic (exact) mass is 399 g/mol. The molecule has 0 heterocycles. The maximum atomic E-state index is 12.9. The van der Waals surface area contributed by atoms with Crippen LogP contribution in [0.25, 0.3) is 0 Å². The topological polar surface area (TPSA) is 29.1 Å². The van der Waals surface area contributed by atoms with Crippen LogP contribution in [0.15, 0.2) is 47.4 Å². The van der Waals surface area contributed by atoms with E-state index >= 15 is 0 Å². The van der Waals surface area contributed by atoms with Crippen molar-refractivity contribution in [1.29, 1.82) is 0 Å². The van der Waals surface area contributed by atoms with Gasteiger partial charge in [-0.05, 0) is 48.6 Å². The van der Waals surface area contributed by atoms with Gasteiger partial charge in [-0.2, -0.15) is 13.2 Å². The summed E-state index contributed by atoms with van der Waals surface area (Å²) in [5.74, 6) is -0.141. The Bertz CT molecular complexity index is 810. The van der Waals surface area contributed by atoms with Crippen LogP contribution in [0.4, 0.5) is 13.2 Å². The first-order chi connectivity index (χ1) is 12.3. The number of carbonyl (C=O) groups excluding carboxylic acids is 1. The van der Waals surface area contributed by atoms with Gasteiger partial charge in [0.15, 0.2) is 0 Å². The van der Waals surface area contributed by atoms with Crippen molar-refractivity contribution >= 4 is 29.3 Å². The zero-order valence-electron chi connectivity index (χ0n) is 13.8. The van der Waals surface area contributed by atoms with Gasteiger partial charge in [0.1, 0.15) is 0 Å². The Hall–Kier alpha value is -1.66. The summed E-state index contributed by atoms with van der Waals surface area (Å²) in [5, 5.41) is 2.65. The molecule has 0 fully saturated rings. The highest BCUT2D eigenvalue weighted by atomic mass is 35.5. The Morgan fingerprint density at radius 3 is 2.77 bits per heavy atom. The van der Waals surface area contributed by atoms with Crippen LogP contribution in [0.1, 0.15) is 35.6 Å². The lowest BCUT2D eigenvalue weighted by atomic mass is 9.88. The van der Waals surface area contributed by atoms with Crippen molar-refractivity contribution in [2.24, 2.45) is 0 Å². The van der Waals surface area contributed by atoms with E-state index in [1.165, 1.54) is 17.7 Å². The number of hydrogen-bond acceptors (Lipinski definition) is 2. The van der Waals surface area contributed by atoms with Gasteiger partial charge in [-0.3, -0.25) is 4.79 Å². The molecule has 0 radical (unpaired) electrons. The number of fused-ring (bicyclic) bond motifs is 1. The summed E-state index contributed by atoms with van der Waals surface area (Å²) in [5.41, 5.74) is 1.48. The Kier molecular flexibility index (Phi) is 5.82. The molecule has 7 heteroatoms. The van der Waals surface area contributed by atoms with Gasteiger partial charge in [0.2, 0.25) is 5.91 Å². The predicted molar refractivity (Wildman–Crippen MR) is 97.4 cm³/mol. The molecule has 1 amide bonds. The van der Waals surface area contributed by atoms with Crippen molar-refractivity contribution in [3.05, 3.63) is 64.2 Å². The number of carbonyl (C=O) groups is 1. The molecular formula is C19H17ClF3NOS. The van der Waals surface area contributed by atoms with E-state index in [-0.39, 0.29) is 22.7 Å². The van der Waals surface area contributed by atoms with Gasteiger partial charge in [-0.15, -0.1) is 11.8 Å². The van der Waals surface area contributed by atoms with Crippen LogP contribution >= 0.6 is 23.4 Å². The van der Waals surface area contributed by atoms with E-state index in [0.717, 1.165) is 42.7 Å². The summed E-state index contributed by atoms with van der Waals surface area (Å²) < 4.78 is 38.7. The summed E-state index contributed by atoms with van der Waals surface area (Å²) in [6.45, 7) is 0. The average Bonchev–Trinajstić information content (AvgIpc) is 2.60. The number of benzene rings is 2. The minimum atomic E-state index is -4.51. The van der Waals surface area contributed by atoms with Crippen LogP contribution in [0.3, 0.4) is 0 Å². The number of thioether (sulfide) groups is 1. The molecule has 0 spiro atoms. The highest BCUT2D eigenvalue weighted by Crippen LogP contribution is 2.37. The van der Waals surface area contributed by atoms with E-state index in [1.807, 2.05) is 18.2 Å². The number of alkyl halides is 3. The third-order valence-corrected chi connectivity index (χ3v) is 5.64. The highest BCUT2D eigenvalue weighted by molar-refractivity contribution is 8.00. The van der Waals surface area contributed by atoms with Crippen molar-refractivity contribution in [2.75, 3.05) is 5.75 Å². The molecule has 0 saturated carbocycles. The van der Waals surface area contributed by atoms with Crippen LogP contribution in [0.5, 0.6) is 0 Å². The largest absolute Gasteiger partial charge is 0.417 e. The van der Waals surface area contributed by atoms with Gasteiger partial charge in [-0.1, -0.05) is 35.9 Å². The van der Waals surface area contributed by atoms with E-state index in [9.17, 15) is 18.0 Å². The van der Waals surface area contributed by atoms with Gasteiger partial charge in [0.05, 0.1) is 22.4 Å². The number of halogens is 4. The fourth-order valence-corrected chi connectivity index (χ4v) is 4.07. The smallest absolute Gasteiger partial charge is 0.349 e. The van der Waals surface area contributed by atoms with Crippen LogP contribution in [0, 0.1) is 0 Å². The number of nitrogens with one attached hydrogen (secondary N) is 1. The van der Waals surface area contributed by atoms with E-state index < -0.39 is 11.7 Å². The lowest BCUT2D eigenvalue weighted by Gasteiger charge is -2.26. The molecule has 0 bridgehead atoms. The Morgan fingerprint density at radius 2 is 2.00 bits per heavy atom. The zero-order chi connectivity index (χ0) is 18.7. The lowest BCUT2D eigenvalue weighted by molar-refractivity contribution is -0.137.